The third-order valence-corrected chi connectivity index (χ3v) is 17.3. The van der Waals surface area contributed by atoms with E-state index in [4.69, 9.17) is 42.8 Å². The summed E-state index contributed by atoms with van der Waals surface area (Å²) in [5, 5.41) is 0. The van der Waals surface area contributed by atoms with Crippen LogP contribution < -0.4 is 26.5 Å². The number of nitrogen functional groups attached to an aromatic ring is 1. The Morgan fingerprint density at radius 1 is 0.795 bits per heavy atom. The number of nitrogens with two attached hydrogens (primary N) is 1. The van der Waals surface area contributed by atoms with E-state index in [0.29, 0.717) is 40.2 Å². The van der Waals surface area contributed by atoms with Crippen LogP contribution in [0.25, 0.3) is 22.3 Å². The van der Waals surface area contributed by atoms with Crippen LogP contribution in [0, 0.1) is 0 Å². The largest absolute Gasteiger partial charge is 0.494 e. The molecule has 3 fully saturated rings. The minimum Gasteiger partial charge on any atom is -0.494 e. The van der Waals surface area contributed by atoms with Crippen molar-refractivity contribution in [1.82, 2.24) is 29.1 Å². The number of nitrogens with one attached hydrogen (secondary N) is 1. The number of fused-ring (bicyclic) bond motifs is 3. The van der Waals surface area contributed by atoms with Crippen LogP contribution in [0.2, 0.25) is 0 Å². The third-order valence-electron chi connectivity index (χ3n) is 12.6. The standard InChI is InChI=1S/C49H57N7O14P2S/c1-2-3-4-5-6-7-8-12-23-63-35-21-17-34(18-22-35)48(58)66-36-19-15-32(16-20-36)29-73-72(62)65-28-41-38(24-43(68-41)56-31-53-44-45(50)51-30-52-46(44)56)69-71(60,61)64-27-40-39(70-72)25-42(67-40)55-26-37(47(57)54-49(55)59)33-13-10-9-11-14-33/h9-11,13-22,26,30-31,38-43H,2-8,12,23-25,27-29H2,1H3,(H,60,61)(H2,50,51,52)(H,54,57,59)/t38-,39-,40+,41+,42+,43+,72?/m0/s1. The van der Waals surface area contributed by atoms with E-state index in [2.05, 4.69) is 26.9 Å². The van der Waals surface area contributed by atoms with Crippen LogP contribution in [0.1, 0.15) is 99.5 Å². The van der Waals surface area contributed by atoms with Gasteiger partial charge in [-0.2, -0.15) is 0 Å². The number of aromatic amines is 1. The van der Waals surface area contributed by atoms with Gasteiger partial charge in [0.2, 0.25) is 0 Å². The maximum atomic E-state index is 15.1. The van der Waals surface area contributed by atoms with E-state index < -0.39 is 81.9 Å². The molecule has 2 unspecified atom stereocenters. The second-order valence-electron chi connectivity index (χ2n) is 17.8. The van der Waals surface area contributed by atoms with Crippen LogP contribution in [0.5, 0.6) is 11.5 Å². The van der Waals surface area contributed by atoms with Gasteiger partial charge in [0.05, 0.1) is 37.3 Å². The lowest BCUT2D eigenvalue weighted by Crippen LogP contribution is -2.33. The summed E-state index contributed by atoms with van der Waals surface area (Å²) in [7, 11) is -4.87. The Morgan fingerprint density at radius 3 is 2.18 bits per heavy atom. The fourth-order valence-corrected chi connectivity index (χ4v) is 13.1. The van der Waals surface area contributed by atoms with E-state index in [-0.39, 0.29) is 35.7 Å². The van der Waals surface area contributed by atoms with E-state index in [1.165, 1.54) is 61.9 Å². The molecule has 3 aliphatic rings. The summed E-state index contributed by atoms with van der Waals surface area (Å²) in [6.07, 6.45) is 6.99. The normalized spacial score (nSPS) is 25.3. The lowest BCUT2D eigenvalue weighted by molar-refractivity contribution is -0.0612. The first-order chi connectivity index (χ1) is 35.3. The maximum Gasteiger partial charge on any atom is 0.472 e. The monoisotopic (exact) mass is 1060 g/mol. The molecule has 0 bridgehead atoms. The number of aromatic nitrogens is 6. The summed E-state index contributed by atoms with van der Waals surface area (Å²) >= 11 is 0.853. The molecular formula is C49H57N7O14P2S. The third kappa shape index (κ3) is 13.2. The van der Waals surface area contributed by atoms with Crippen LogP contribution in [0.3, 0.4) is 0 Å². The predicted molar refractivity (Wildman–Crippen MR) is 270 cm³/mol. The fraction of sp³-hybridized carbons (Fsp3) is 0.429. The van der Waals surface area contributed by atoms with Gasteiger partial charge in [-0.3, -0.25) is 37.0 Å². The van der Waals surface area contributed by atoms with Crippen molar-refractivity contribution in [2.24, 2.45) is 0 Å². The molecule has 4 N–H and O–H groups in total. The highest BCUT2D eigenvalue weighted by Crippen LogP contribution is 2.64. The van der Waals surface area contributed by atoms with Crippen molar-refractivity contribution < 1.29 is 55.9 Å². The Balaban J connectivity index is 0.889. The molecule has 388 valence electrons. The molecular weight excluding hydrogens is 1000 g/mol. The number of carbonyl (C=O) groups is 1. The molecule has 9 rings (SSSR count). The van der Waals surface area contributed by atoms with Gasteiger partial charge in [0, 0.05) is 24.8 Å². The molecule has 6 heterocycles. The number of carbonyl (C=O) groups excluding carboxylic acids is 1. The van der Waals surface area contributed by atoms with E-state index in [1.54, 1.807) is 83.4 Å². The van der Waals surface area contributed by atoms with Crippen LogP contribution in [-0.2, 0) is 42.5 Å². The average Bonchev–Trinajstić information content (AvgIpc) is 4.12. The lowest BCUT2D eigenvalue weighted by Gasteiger charge is -2.28. The SMILES string of the molecule is CCCCCCCCCCOc1ccc(C(=O)Oc2ccc(CSP3(=O)OC[C@H]4O[C@@H](n5cnc6c(N)ncnc65)C[C@@H]4OP(=O)(O)OC[C@H]4O[C@@H](n5cc(-c6ccccc6)c(=O)[nH]c5=O)C[C@@H]4O3)cc2)cc1. The molecule has 24 heteroatoms. The number of esters is 1. The first-order valence-corrected chi connectivity index (χ1v) is 28.9. The van der Waals surface area contributed by atoms with Gasteiger partial charge in [-0.15, -0.1) is 0 Å². The highest BCUT2D eigenvalue weighted by molar-refractivity contribution is 8.54. The molecule has 0 radical (unpaired) electrons. The molecule has 3 aromatic carbocycles. The Labute approximate surface area is 423 Å². The van der Waals surface area contributed by atoms with E-state index in [1.807, 2.05) is 0 Å². The fourth-order valence-electron chi connectivity index (χ4n) is 8.75. The maximum absolute atomic E-state index is 15.1. The summed E-state index contributed by atoms with van der Waals surface area (Å²) in [5.74, 6) is 0.617. The van der Waals surface area contributed by atoms with Gasteiger partial charge in [-0.25, -0.2) is 33.7 Å². The number of anilines is 1. The number of phosphoric acid groups is 1. The topological polar surface area (TPSA) is 270 Å². The predicted octanol–water partition coefficient (Wildman–Crippen LogP) is 8.90. The Kier molecular flexibility index (Phi) is 17.1. The molecule has 73 heavy (non-hydrogen) atoms. The van der Waals surface area contributed by atoms with E-state index in [0.717, 1.165) is 24.2 Å². The number of ether oxygens (including phenoxy) is 4. The van der Waals surface area contributed by atoms with Crippen molar-refractivity contribution in [3.63, 3.8) is 0 Å². The summed E-state index contributed by atoms with van der Waals surface area (Å²) in [5.41, 5.74) is 6.99. The van der Waals surface area contributed by atoms with Gasteiger partial charge in [0.25, 0.3) is 5.56 Å². The number of benzene rings is 3. The van der Waals surface area contributed by atoms with Crippen LogP contribution in [-0.4, -0.2) is 84.2 Å². The number of hydrogen-bond acceptors (Lipinski definition) is 18. The zero-order valence-electron chi connectivity index (χ0n) is 40.0. The van der Waals surface area contributed by atoms with Gasteiger partial charge in [-0.05, 0) is 65.3 Å². The number of unbranched alkanes of at least 4 members (excludes halogenated alkanes) is 7. The van der Waals surface area contributed by atoms with Crippen LogP contribution in [0.15, 0.2) is 107 Å². The molecule has 3 aliphatic heterocycles. The number of phosphoric ester groups is 1. The summed E-state index contributed by atoms with van der Waals surface area (Å²) in [4.78, 5) is 65.3. The van der Waals surface area contributed by atoms with Crippen LogP contribution >= 0.6 is 26.0 Å². The van der Waals surface area contributed by atoms with Crippen molar-refractivity contribution in [3.05, 3.63) is 130 Å². The lowest BCUT2D eigenvalue weighted by atomic mass is 10.1. The molecule has 6 aromatic rings. The van der Waals surface area contributed by atoms with Crippen molar-refractivity contribution in [2.45, 2.75) is 114 Å². The zero-order valence-corrected chi connectivity index (χ0v) is 42.6. The first kappa shape index (κ1) is 52.4. The second-order valence-corrected chi connectivity index (χ2v) is 23.3. The molecule has 3 saturated heterocycles. The first-order valence-electron chi connectivity index (χ1n) is 24.3. The summed E-state index contributed by atoms with van der Waals surface area (Å²) in [6.45, 7) is -2.51. The number of imidazole rings is 1. The highest BCUT2D eigenvalue weighted by atomic mass is 32.7. The number of rotatable bonds is 18. The molecule has 0 saturated carbocycles. The highest BCUT2D eigenvalue weighted by Gasteiger charge is 2.48. The quantitative estimate of drug-likeness (QED) is 0.0314. The minimum atomic E-state index is -4.87. The van der Waals surface area contributed by atoms with Crippen molar-refractivity contribution in [1.29, 1.82) is 0 Å². The Morgan fingerprint density at radius 2 is 1.45 bits per heavy atom. The number of nitrogens with zero attached hydrogens (tertiary/aromatic N) is 5. The van der Waals surface area contributed by atoms with Gasteiger partial charge in [0.15, 0.2) is 11.5 Å². The van der Waals surface area contributed by atoms with Crippen LogP contribution in [0.4, 0.5) is 5.82 Å². The van der Waals surface area contributed by atoms with E-state index >= 15 is 4.57 Å². The van der Waals surface area contributed by atoms with Gasteiger partial charge >= 0.3 is 26.3 Å². The van der Waals surface area contributed by atoms with Gasteiger partial charge in [-0.1, -0.05) is 94.3 Å². The zero-order chi connectivity index (χ0) is 51.0. The molecule has 21 nitrogen and oxygen atoms in total. The van der Waals surface area contributed by atoms with E-state index in [9.17, 15) is 23.8 Å². The average molecular weight is 1060 g/mol. The summed E-state index contributed by atoms with van der Waals surface area (Å²) < 4.78 is 79.4. The molecule has 0 aliphatic carbocycles. The number of H-pyrrole nitrogens is 1. The van der Waals surface area contributed by atoms with Gasteiger partial charge in [0.1, 0.15) is 60.2 Å². The number of hydrogen-bond donors (Lipinski definition) is 3. The smallest absolute Gasteiger partial charge is 0.472 e. The molecule has 0 amide bonds. The Hall–Kier alpha value is -5.51. The van der Waals surface area contributed by atoms with Crippen molar-refractivity contribution in [2.75, 3.05) is 25.6 Å². The molecule has 8 atom stereocenters. The second kappa shape index (κ2) is 23.8. The van der Waals surface area contributed by atoms with Crippen molar-refractivity contribution >= 4 is 49.0 Å². The minimum absolute atomic E-state index is 0.0187. The van der Waals surface area contributed by atoms with Crippen molar-refractivity contribution in [3.8, 4) is 22.6 Å². The molecule has 3 aromatic heterocycles. The summed E-state index contributed by atoms with van der Waals surface area (Å²) in [6, 6.07) is 22.1. The van der Waals surface area contributed by atoms with Gasteiger partial charge < -0.3 is 29.6 Å². The Bertz CT molecular complexity index is 3050. The molecule has 0 spiro atoms.